The van der Waals surface area contributed by atoms with Crippen molar-refractivity contribution in [1.29, 1.82) is 0 Å². The number of nitrogens with one attached hydrogen (secondary N) is 2. The van der Waals surface area contributed by atoms with E-state index in [9.17, 15) is 4.79 Å². The van der Waals surface area contributed by atoms with Crippen molar-refractivity contribution < 1.29 is 9.53 Å². The van der Waals surface area contributed by atoms with Gasteiger partial charge in [-0.1, -0.05) is 30.3 Å². The molecule has 0 fully saturated rings. The Balaban J connectivity index is 2.03. The first kappa shape index (κ1) is 15.7. The third kappa shape index (κ3) is 7.59. The third-order valence-corrected chi connectivity index (χ3v) is 2.77. The van der Waals surface area contributed by atoms with Crippen LogP contribution in [0.4, 0.5) is 0 Å². The first-order chi connectivity index (χ1) is 9.22. The highest BCUT2D eigenvalue weighted by Gasteiger charge is 2.05. The van der Waals surface area contributed by atoms with Crippen LogP contribution in [0.25, 0.3) is 0 Å². The van der Waals surface area contributed by atoms with Crippen molar-refractivity contribution in [2.24, 2.45) is 0 Å². The molecule has 0 bridgehead atoms. The maximum Gasteiger partial charge on any atom is 0.234 e. The van der Waals surface area contributed by atoms with E-state index < -0.39 is 0 Å². The summed E-state index contributed by atoms with van der Waals surface area (Å²) in [5.74, 6) is 0.0178. The first-order valence-corrected chi connectivity index (χ1v) is 6.75. The van der Waals surface area contributed by atoms with E-state index >= 15 is 0 Å². The lowest BCUT2D eigenvalue weighted by Gasteiger charge is -2.13. The molecule has 0 saturated heterocycles. The number of hydrogen-bond donors (Lipinski definition) is 2. The average molecular weight is 264 g/mol. The van der Waals surface area contributed by atoms with Crippen LogP contribution in [-0.4, -0.2) is 38.8 Å². The molecule has 4 heteroatoms. The number of benzene rings is 1. The Morgan fingerprint density at radius 3 is 2.74 bits per heavy atom. The molecule has 19 heavy (non-hydrogen) atoms. The molecule has 1 aromatic carbocycles. The zero-order valence-corrected chi connectivity index (χ0v) is 11.8. The molecule has 0 saturated carbocycles. The van der Waals surface area contributed by atoms with Gasteiger partial charge in [0.1, 0.15) is 0 Å². The summed E-state index contributed by atoms with van der Waals surface area (Å²) >= 11 is 0. The molecule has 0 aliphatic carbocycles. The van der Waals surface area contributed by atoms with Crippen molar-refractivity contribution in [3.63, 3.8) is 0 Å². The Bertz CT molecular complexity index is 354. The molecule has 2 N–H and O–H groups in total. The van der Waals surface area contributed by atoms with Crippen LogP contribution in [0.3, 0.4) is 0 Å². The topological polar surface area (TPSA) is 50.4 Å². The summed E-state index contributed by atoms with van der Waals surface area (Å²) in [6, 6.07) is 10.4. The van der Waals surface area contributed by atoms with Gasteiger partial charge in [-0.2, -0.15) is 0 Å². The summed E-state index contributed by atoms with van der Waals surface area (Å²) in [5, 5.41) is 6.01. The molecular weight excluding hydrogens is 240 g/mol. The minimum absolute atomic E-state index is 0.0178. The molecular formula is C15H24N2O2. The highest BCUT2D eigenvalue weighted by atomic mass is 16.5. The van der Waals surface area contributed by atoms with Crippen molar-refractivity contribution in [2.75, 3.05) is 26.8 Å². The largest absolute Gasteiger partial charge is 0.383 e. The van der Waals surface area contributed by atoms with Crippen LogP contribution in [0.2, 0.25) is 0 Å². The van der Waals surface area contributed by atoms with E-state index in [0.717, 1.165) is 19.4 Å². The Kier molecular flexibility index (Phi) is 7.86. The van der Waals surface area contributed by atoms with E-state index in [1.54, 1.807) is 7.11 Å². The van der Waals surface area contributed by atoms with E-state index in [4.69, 9.17) is 4.74 Å². The van der Waals surface area contributed by atoms with Crippen molar-refractivity contribution in [2.45, 2.75) is 25.8 Å². The first-order valence-electron chi connectivity index (χ1n) is 6.75. The van der Waals surface area contributed by atoms with Crippen molar-refractivity contribution in [1.82, 2.24) is 10.6 Å². The maximum absolute atomic E-state index is 11.5. The second-order valence-corrected chi connectivity index (χ2v) is 4.69. The van der Waals surface area contributed by atoms with Gasteiger partial charge in [-0.05, 0) is 31.9 Å². The number of rotatable bonds is 9. The molecule has 1 aromatic rings. The quantitative estimate of drug-likeness (QED) is 0.662. The van der Waals surface area contributed by atoms with E-state index in [2.05, 4.69) is 22.8 Å². The van der Waals surface area contributed by atoms with Crippen LogP contribution in [0.5, 0.6) is 0 Å². The fourth-order valence-electron chi connectivity index (χ4n) is 1.88. The number of carbonyl (C=O) groups is 1. The molecule has 0 aliphatic rings. The van der Waals surface area contributed by atoms with Gasteiger partial charge in [-0.15, -0.1) is 0 Å². The maximum atomic E-state index is 11.5. The fraction of sp³-hybridized carbons (Fsp3) is 0.533. The molecule has 1 unspecified atom stereocenters. The number of ether oxygens (including phenoxy) is 1. The van der Waals surface area contributed by atoms with E-state index in [-0.39, 0.29) is 11.9 Å². The number of hydrogen-bond acceptors (Lipinski definition) is 3. The predicted octanol–water partition coefficient (Wildman–Crippen LogP) is 1.36. The van der Waals surface area contributed by atoms with Gasteiger partial charge in [0, 0.05) is 13.2 Å². The lowest BCUT2D eigenvalue weighted by molar-refractivity contribution is -0.121. The lowest BCUT2D eigenvalue weighted by atomic mass is 10.1. The van der Waals surface area contributed by atoms with Crippen LogP contribution in [0.1, 0.15) is 18.9 Å². The zero-order valence-electron chi connectivity index (χ0n) is 11.8. The Morgan fingerprint density at radius 1 is 1.32 bits per heavy atom. The average Bonchev–Trinajstić information content (AvgIpc) is 2.39. The Morgan fingerprint density at radius 2 is 2.05 bits per heavy atom. The van der Waals surface area contributed by atoms with Crippen LogP contribution in [0, 0.1) is 0 Å². The molecule has 0 aliphatic heterocycles. The summed E-state index contributed by atoms with van der Waals surface area (Å²) in [4.78, 5) is 11.5. The van der Waals surface area contributed by atoms with Gasteiger partial charge in [0.2, 0.25) is 5.91 Å². The number of aryl methyl sites for hydroxylation is 1. The summed E-state index contributed by atoms with van der Waals surface area (Å²) in [6.45, 7) is 3.68. The van der Waals surface area contributed by atoms with E-state index in [1.807, 2.05) is 25.1 Å². The zero-order chi connectivity index (χ0) is 13.9. The molecule has 0 heterocycles. The van der Waals surface area contributed by atoms with E-state index in [1.165, 1.54) is 5.56 Å². The van der Waals surface area contributed by atoms with Crippen LogP contribution < -0.4 is 10.6 Å². The van der Waals surface area contributed by atoms with Gasteiger partial charge in [-0.3, -0.25) is 4.79 Å². The Hall–Kier alpha value is -1.39. The summed E-state index contributed by atoms with van der Waals surface area (Å²) < 4.78 is 4.96. The molecule has 0 radical (unpaired) electrons. The van der Waals surface area contributed by atoms with Crippen molar-refractivity contribution in [3.8, 4) is 0 Å². The fourth-order valence-corrected chi connectivity index (χ4v) is 1.88. The normalized spacial score (nSPS) is 12.1. The second kappa shape index (κ2) is 9.53. The highest BCUT2D eigenvalue weighted by Crippen LogP contribution is 2.01. The standard InChI is InChI=1S/C15H24N2O2/c1-13(12-19-2)17-15(18)11-16-10-6-9-14-7-4-3-5-8-14/h3-5,7-8,13,16H,6,9-12H2,1-2H3,(H,17,18). The molecule has 1 atom stereocenters. The monoisotopic (exact) mass is 264 g/mol. The van der Waals surface area contributed by atoms with Crippen molar-refractivity contribution in [3.05, 3.63) is 35.9 Å². The minimum atomic E-state index is 0.0178. The second-order valence-electron chi connectivity index (χ2n) is 4.69. The van der Waals surface area contributed by atoms with Crippen LogP contribution in [-0.2, 0) is 16.0 Å². The Labute approximate surface area is 115 Å². The van der Waals surface area contributed by atoms with Gasteiger partial charge >= 0.3 is 0 Å². The number of carbonyl (C=O) groups excluding carboxylic acids is 1. The summed E-state index contributed by atoms with van der Waals surface area (Å²) in [7, 11) is 1.63. The summed E-state index contributed by atoms with van der Waals surface area (Å²) in [6.07, 6.45) is 2.07. The lowest BCUT2D eigenvalue weighted by Crippen LogP contribution is -2.41. The summed E-state index contributed by atoms with van der Waals surface area (Å²) in [5.41, 5.74) is 1.34. The van der Waals surface area contributed by atoms with Crippen LogP contribution in [0.15, 0.2) is 30.3 Å². The number of amides is 1. The molecule has 4 nitrogen and oxygen atoms in total. The van der Waals surface area contributed by atoms with Crippen LogP contribution >= 0.6 is 0 Å². The molecule has 0 aromatic heterocycles. The van der Waals surface area contributed by atoms with E-state index in [0.29, 0.717) is 13.2 Å². The van der Waals surface area contributed by atoms with Gasteiger partial charge in [0.15, 0.2) is 0 Å². The predicted molar refractivity (Wildman–Crippen MR) is 77.1 cm³/mol. The highest BCUT2D eigenvalue weighted by molar-refractivity contribution is 5.78. The minimum Gasteiger partial charge on any atom is -0.383 e. The molecule has 106 valence electrons. The van der Waals surface area contributed by atoms with Crippen molar-refractivity contribution >= 4 is 5.91 Å². The third-order valence-electron chi connectivity index (χ3n) is 2.77. The number of methoxy groups -OCH3 is 1. The van der Waals surface area contributed by atoms with Gasteiger partial charge in [-0.25, -0.2) is 0 Å². The SMILES string of the molecule is COCC(C)NC(=O)CNCCCc1ccccc1. The molecule has 1 amide bonds. The molecule has 1 rings (SSSR count). The molecule has 0 spiro atoms. The van der Waals surface area contributed by atoms with Gasteiger partial charge < -0.3 is 15.4 Å². The van der Waals surface area contributed by atoms with Gasteiger partial charge in [0.25, 0.3) is 0 Å². The smallest absolute Gasteiger partial charge is 0.234 e. The van der Waals surface area contributed by atoms with Gasteiger partial charge in [0.05, 0.1) is 13.2 Å².